The first-order valence-electron chi connectivity index (χ1n) is 10.1. The Hall–Kier alpha value is -2.08. The van der Waals surface area contributed by atoms with Crippen molar-refractivity contribution < 1.29 is 31.5 Å². The molecule has 7 nitrogen and oxygen atoms in total. The maximum atomic E-state index is 13.7. The van der Waals surface area contributed by atoms with E-state index in [4.69, 9.17) is 0 Å². The summed E-state index contributed by atoms with van der Waals surface area (Å²) in [7, 11) is -4.67. The van der Waals surface area contributed by atoms with Crippen LogP contribution in [0.5, 0.6) is 0 Å². The van der Waals surface area contributed by atoms with Crippen LogP contribution in [0.3, 0.4) is 0 Å². The highest BCUT2D eigenvalue weighted by molar-refractivity contribution is 9.10. The lowest BCUT2D eigenvalue weighted by Crippen LogP contribution is -2.39. The molecule has 174 valence electrons. The van der Waals surface area contributed by atoms with Crippen molar-refractivity contribution in [1.82, 2.24) is 9.78 Å². The standard InChI is InChI=1S/C20H21BrF3N3O4S/c1-11-17(32(30,31)16-8-7-12(21)10-14(16)20(22,23)24)18(27(25-11)13-4-2-5-13)26-9-3-6-15(26)19(28)29/h7-8,10,13,15H,2-6,9H2,1H3,(H,28,29). The van der Waals surface area contributed by atoms with Gasteiger partial charge < -0.3 is 10.0 Å². The molecule has 0 radical (unpaired) electrons. The fourth-order valence-electron chi connectivity index (χ4n) is 4.33. The van der Waals surface area contributed by atoms with E-state index >= 15 is 0 Å². The molecule has 1 aliphatic carbocycles. The SMILES string of the molecule is Cc1nn(C2CCC2)c(N2CCCC2C(=O)O)c1S(=O)(=O)c1ccc(Br)cc1C(F)(F)F. The summed E-state index contributed by atoms with van der Waals surface area (Å²) in [6, 6.07) is 1.81. The molecule has 1 aromatic carbocycles. The van der Waals surface area contributed by atoms with Gasteiger partial charge in [-0.2, -0.15) is 18.3 Å². The minimum atomic E-state index is -4.90. The van der Waals surface area contributed by atoms with E-state index in [0.29, 0.717) is 12.8 Å². The third-order valence-corrected chi connectivity index (χ3v) is 8.49. The Morgan fingerprint density at radius 3 is 2.47 bits per heavy atom. The summed E-state index contributed by atoms with van der Waals surface area (Å²) in [6.07, 6.45) is -1.66. The van der Waals surface area contributed by atoms with E-state index in [1.54, 1.807) is 0 Å². The Balaban J connectivity index is 1.97. The van der Waals surface area contributed by atoms with Gasteiger partial charge in [-0.1, -0.05) is 15.9 Å². The van der Waals surface area contributed by atoms with Crippen LogP contribution in [0.25, 0.3) is 0 Å². The normalized spacial score (nSPS) is 19.9. The smallest absolute Gasteiger partial charge is 0.417 e. The molecule has 2 aromatic rings. The molecule has 2 heterocycles. The highest BCUT2D eigenvalue weighted by atomic mass is 79.9. The number of alkyl halides is 3. The lowest BCUT2D eigenvalue weighted by molar-refractivity contribution is -0.140. The second-order valence-electron chi connectivity index (χ2n) is 8.10. The van der Waals surface area contributed by atoms with Gasteiger partial charge in [0.25, 0.3) is 0 Å². The van der Waals surface area contributed by atoms with E-state index in [-0.39, 0.29) is 33.5 Å². The van der Waals surface area contributed by atoms with Gasteiger partial charge >= 0.3 is 12.1 Å². The molecule has 12 heteroatoms. The summed E-state index contributed by atoms with van der Waals surface area (Å²) < 4.78 is 70.2. The average molecular weight is 536 g/mol. The molecule has 1 atom stereocenters. The molecule has 0 bridgehead atoms. The number of aryl methyl sites for hydroxylation is 1. The molecule has 1 saturated heterocycles. The average Bonchev–Trinajstić information content (AvgIpc) is 3.24. The molecule has 1 unspecified atom stereocenters. The monoisotopic (exact) mass is 535 g/mol. The van der Waals surface area contributed by atoms with Crippen molar-refractivity contribution in [3.8, 4) is 0 Å². The number of aromatic nitrogens is 2. The number of carboxylic acids is 1. The van der Waals surface area contributed by atoms with E-state index in [2.05, 4.69) is 21.0 Å². The van der Waals surface area contributed by atoms with Crippen LogP contribution in [0, 0.1) is 6.92 Å². The Morgan fingerprint density at radius 1 is 1.22 bits per heavy atom. The number of benzene rings is 1. The van der Waals surface area contributed by atoms with Crippen LogP contribution in [0.15, 0.2) is 32.5 Å². The molecule has 0 spiro atoms. The third kappa shape index (κ3) is 3.81. The summed E-state index contributed by atoms with van der Waals surface area (Å²) >= 11 is 2.97. The maximum Gasteiger partial charge on any atom is 0.417 e. The lowest BCUT2D eigenvalue weighted by atomic mass is 9.93. The molecule has 0 amide bonds. The van der Waals surface area contributed by atoms with Crippen LogP contribution in [0.1, 0.15) is 49.4 Å². The summed E-state index contributed by atoms with van der Waals surface area (Å²) in [5.74, 6) is -1.03. The Kier molecular flexibility index (Phi) is 5.81. The number of nitrogens with zero attached hydrogens (tertiary/aromatic N) is 3. The number of rotatable bonds is 5. The zero-order valence-corrected chi connectivity index (χ0v) is 19.5. The Morgan fingerprint density at radius 2 is 1.91 bits per heavy atom. The molecule has 1 aromatic heterocycles. The van der Waals surface area contributed by atoms with Crippen LogP contribution < -0.4 is 4.90 Å². The molecule has 1 N–H and O–H groups in total. The first-order valence-corrected chi connectivity index (χ1v) is 12.4. The molecule has 1 aliphatic heterocycles. The second kappa shape index (κ2) is 8.05. The van der Waals surface area contributed by atoms with Gasteiger partial charge in [0.2, 0.25) is 9.84 Å². The van der Waals surface area contributed by atoms with Gasteiger partial charge in [-0.25, -0.2) is 17.9 Å². The summed E-state index contributed by atoms with van der Waals surface area (Å²) in [5.41, 5.74) is -1.23. The molecular weight excluding hydrogens is 515 g/mol. The number of carboxylic acid groups (broad SMARTS) is 1. The van der Waals surface area contributed by atoms with Crippen LogP contribution in [-0.4, -0.2) is 41.9 Å². The first-order chi connectivity index (χ1) is 14.9. The van der Waals surface area contributed by atoms with E-state index in [1.807, 2.05) is 0 Å². The van der Waals surface area contributed by atoms with Crippen molar-refractivity contribution in [3.05, 3.63) is 33.9 Å². The molecule has 1 saturated carbocycles. The minimum absolute atomic E-state index is 0.0546. The molecule has 2 fully saturated rings. The van der Waals surface area contributed by atoms with Crippen molar-refractivity contribution >= 4 is 37.6 Å². The number of halogens is 4. The minimum Gasteiger partial charge on any atom is -0.480 e. The van der Waals surface area contributed by atoms with E-state index in [0.717, 1.165) is 31.4 Å². The van der Waals surface area contributed by atoms with Crippen molar-refractivity contribution in [1.29, 1.82) is 0 Å². The number of anilines is 1. The van der Waals surface area contributed by atoms with Gasteiger partial charge in [-0.15, -0.1) is 0 Å². The zero-order valence-electron chi connectivity index (χ0n) is 17.1. The fourth-order valence-corrected chi connectivity index (χ4v) is 6.50. The van der Waals surface area contributed by atoms with E-state index in [1.165, 1.54) is 22.6 Å². The van der Waals surface area contributed by atoms with Gasteiger partial charge in [0.05, 0.1) is 22.2 Å². The fraction of sp³-hybridized carbons (Fsp3) is 0.500. The van der Waals surface area contributed by atoms with E-state index in [9.17, 15) is 31.5 Å². The summed E-state index contributed by atoms with van der Waals surface area (Å²) in [5, 5.41) is 14.1. The summed E-state index contributed by atoms with van der Waals surface area (Å²) in [6.45, 7) is 1.72. The van der Waals surface area contributed by atoms with Crippen molar-refractivity contribution in [2.24, 2.45) is 0 Å². The first kappa shape index (κ1) is 23.1. The molecule has 4 rings (SSSR count). The topological polar surface area (TPSA) is 92.5 Å². The van der Waals surface area contributed by atoms with Crippen LogP contribution >= 0.6 is 15.9 Å². The third-order valence-electron chi connectivity index (χ3n) is 6.04. The van der Waals surface area contributed by atoms with Gasteiger partial charge in [-0.05, 0) is 57.2 Å². The zero-order chi connectivity index (χ0) is 23.4. The molecule has 32 heavy (non-hydrogen) atoms. The Labute approximate surface area is 191 Å². The van der Waals surface area contributed by atoms with Gasteiger partial charge in [0.1, 0.15) is 16.8 Å². The predicted molar refractivity (Wildman–Crippen MR) is 112 cm³/mol. The number of aliphatic carboxylic acids is 1. The van der Waals surface area contributed by atoms with Crippen molar-refractivity contribution in [2.45, 2.75) is 67.1 Å². The number of sulfone groups is 1. The van der Waals surface area contributed by atoms with Crippen LogP contribution in [0.2, 0.25) is 0 Å². The van der Waals surface area contributed by atoms with Gasteiger partial charge in [0.15, 0.2) is 0 Å². The van der Waals surface area contributed by atoms with Crippen molar-refractivity contribution in [2.75, 3.05) is 11.4 Å². The molecule has 2 aliphatic rings. The quantitative estimate of drug-likeness (QED) is 0.602. The van der Waals surface area contributed by atoms with Gasteiger partial charge in [-0.3, -0.25) is 0 Å². The molecular formula is C20H21BrF3N3O4S. The summed E-state index contributed by atoms with van der Waals surface area (Å²) in [4.78, 5) is 12.1. The maximum absolute atomic E-state index is 13.7. The van der Waals surface area contributed by atoms with Crippen molar-refractivity contribution in [3.63, 3.8) is 0 Å². The Bertz CT molecular complexity index is 1180. The largest absolute Gasteiger partial charge is 0.480 e. The highest BCUT2D eigenvalue weighted by Gasteiger charge is 2.44. The number of carbonyl (C=O) groups is 1. The predicted octanol–water partition coefficient (Wildman–Crippen LogP) is 4.58. The van der Waals surface area contributed by atoms with Crippen LogP contribution in [0.4, 0.5) is 19.0 Å². The highest BCUT2D eigenvalue weighted by Crippen LogP contribution is 2.45. The van der Waals surface area contributed by atoms with Crippen LogP contribution in [-0.2, 0) is 20.8 Å². The number of hydrogen-bond acceptors (Lipinski definition) is 5. The lowest BCUT2D eigenvalue weighted by Gasteiger charge is -2.32. The number of hydrogen-bond donors (Lipinski definition) is 1. The second-order valence-corrected chi connectivity index (χ2v) is 10.9. The van der Waals surface area contributed by atoms with Gasteiger partial charge in [0, 0.05) is 11.0 Å². The van der Waals surface area contributed by atoms with E-state index < -0.39 is 38.5 Å².